The summed E-state index contributed by atoms with van der Waals surface area (Å²) in [6, 6.07) is 0. The van der Waals surface area contributed by atoms with Crippen LogP contribution in [0.4, 0.5) is 0 Å². The number of amides is 2. The van der Waals surface area contributed by atoms with Crippen molar-refractivity contribution in [2.24, 2.45) is 23.7 Å². The molecule has 0 spiro atoms. The minimum Gasteiger partial charge on any atom is -0.382 e. The lowest BCUT2D eigenvalue weighted by Gasteiger charge is -2.43. The number of likely N-dealkylation sites (tertiary alicyclic amines) is 2. The first-order valence-corrected chi connectivity index (χ1v) is 13.2. The molecule has 32 heavy (non-hydrogen) atoms. The van der Waals surface area contributed by atoms with E-state index in [0.29, 0.717) is 36.9 Å². The number of nitrogens with zero attached hydrogens (tertiary/aromatic N) is 2. The van der Waals surface area contributed by atoms with Gasteiger partial charge in [-0.25, -0.2) is 0 Å². The monoisotopic (exact) mass is 446 g/mol. The van der Waals surface area contributed by atoms with Gasteiger partial charge in [-0.3, -0.25) is 9.59 Å². The summed E-state index contributed by atoms with van der Waals surface area (Å²) in [6.07, 6.45) is 12.7. The van der Waals surface area contributed by atoms with E-state index in [1.165, 1.54) is 25.7 Å². The highest BCUT2D eigenvalue weighted by atomic mass is 16.5. The van der Waals surface area contributed by atoms with Gasteiger partial charge in [-0.2, -0.15) is 0 Å². The van der Waals surface area contributed by atoms with Gasteiger partial charge in [0.25, 0.3) is 0 Å². The van der Waals surface area contributed by atoms with Gasteiger partial charge < -0.3 is 19.3 Å². The number of carbonyl (C=O) groups is 2. The Morgan fingerprint density at radius 1 is 0.688 bits per heavy atom. The van der Waals surface area contributed by atoms with Crippen LogP contribution < -0.4 is 0 Å². The zero-order valence-corrected chi connectivity index (χ0v) is 20.2. The van der Waals surface area contributed by atoms with Crippen LogP contribution >= 0.6 is 0 Å². The van der Waals surface area contributed by atoms with Gasteiger partial charge in [0.2, 0.25) is 11.8 Å². The number of rotatable bonds is 8. The molecule has 180 valence electrons. The van der Waals surface area contributed by atoms with Crippen molar-refractivity contribution in [1.29, 1.82) is 0 Å². The van der Waals surface area contributed by atoms with Crippen molar-refractivity contribution in [3.05, 3.63) is 0 Å². The summed E-state index contributed by atoms with van der Waals surface area (Å²) >= 11 is 0. The van der Waals surface area contributed by atoms with E-state index < -0.39 is 0 Å². The first kappa shape index (κ1) is 22.6. The fourth-order valence-corrected chi connectivity index (χ4v) is 7.62. The number of carbonyl (C=O) groups excluding carboxylic acids is 2. The first-order chi connectivity index (χ1) is 15.6. The predicted molar refractivity (Wildman–Crippen MR) is 122 cm³/mol. The smallest absolute Gasteiger partial charge is 0.226 e. The maximum Gasteiger partial charge on any atom is 0.226 e. The van der Waals surface area contributed by atoms with Crippen molar-refractivity contribution in [1.82, 2.24) is 9.80 Å². The van der Waals surface area contributed by atoms with Gasteiger partial charge in [0, 0.05) is 39.1 Å². The second-order valence-electron chi connectivity index (χ2n) is 11.4. The lowest BCUT2D eigenvalue weighted by molar-refractivity contribution is -0.149. The van der Waals surface area contributed by atoms with Crippen molar-refractivity contribution in [3.63, 3.8) is 0 Å². The lowest BCUT2D eigenvalue weighted by atomic mass is 9.79. The van der Waals surface area contributed by atoms with Crippen molar-refractivity contribution in [2.45, 2.75) is 88.1 Å². The summed E-state index contributed by atoms with van der Waals surface area (Å²) in [5.74, 6) is 2.09. The highest BCUT2D eigenvalue weighted by Crippen LogP contribution is 2.51. The molecule has 2 heterocycles. The van der Waals surface area contributed by atoms with Gasteiger partial charge in [-0.15, -0.1) is 0 Å². The fraction of sp³-hybridized carbons (Fsp3) is 0.923. The Bertz CT molecular complexity index is 653. The molecule has 5 aliphatic rings. The van der Waals surface area contributed by atoms with E-state index in [2.05, 4.69) is 9.80 Å². The molecule has 2 saturated heterocycles. The van der Waals surface area contributed by atoms with Crippen LogP contribution in [0.25, 0.3) is 0 Å². The van der Waals surface area contributed by atoms with Crippen molar-refractivity contribution in [2.75, 3.05) is 40.5 Å². The van der Waals surface area contributed by atoms with Crippen LogP contribution in [-0.4, -0.2) is 73.2 Å². The predicted octanol–water partition coefficient (Wildman–Crippen LogP) is 3.63. The quantitative estimate of drug-likeness (QED) is 0.571. The number of ether oxygens (including phenoxy) is 2. The van der Waals surface area contributed by atoms with Crippen molar-refractivity contribution < 1.29 is 19.1 Å². The van der Waals surface area contributed by atoms with E-state index in [-0.39, 0.29) is 22.9 Å². The Labute approximate surface area is 193 Å². The topological polar surface area (TPSA) is 59.1 Å². The van der Waals surface area contributed by atoms with E-state index >= 15 is 0 Å². The summed E-state index contributed by atoms with van der Waals surface area (Å²) in [4.78, 5) is 31.6. The Kier molecular flexibility index (Phi) is 6.30. The third-order valence-corrected chi connectivity index (χ3v) is 9.48. The molecule has 0 radical (unpaired) electrons. The highest BCUT2D eigenvalue weighted by Gasteiger charge is 2.56. The molecule has 2 aliphatic heterocycles. The molecule has 0 aromatic carbocycles. The molecular formula is C26H42N2O4. The molecule has 0 aromatic rings. The molecule has 5 rings (SSSR count). The van der Waals surface area contributed by atoms with Crippen LogP contribution in [0.2, 0.25) is 0 Å². The Balaban J connectivity index is 1.21. The molecule has 6 heteroatoms. The van der Waals surface area contributed by atoms with E-state index in [1.807, 2.05) is 0 Å². The summed E-state index contributed by atoms with van der Waals surface area (Å²) in [5, 5.41) is 0. The summed E-state index contributed by atoms with van der Waals surface area (Å²) in [6.45, 7) is 3.11. The van der Waals surface area contributed by atoms with Gasteiger partial charge in [0.1, 0.15) is 0 Å². The van der Waals surface area contributed by atoms with Crippen LogP contribution in [0.1, 0.15) is 77.0 Å². The average molecular weight is 447 g/mol. The molecule has 3 aliphatic carbocycles. The molecule has 5 fully saturated rings. The standard InChI is InChI=1S/C26H42N2O4/c1-31-17-25(21-9-10-21)13-3-15-27(25)23(29)19-5-7-20(8-6-19)24(30)28-16-4-14-26(28,18-32-2)22-11-12-22/h19-22H,3-18H2,1-2H3. The van der Waals surface area contributed by atoms with Crippen molar-refractivity contribution >= 4 is 11.8 Å². The summed E-state index contributed by atoms with van der Waals surface area (Å²) in [5.41, 5.74) is -0.115. The maximum absolute atomic E-state index is 13.6. The molecule has 3 saturated carbocycles. The van der Waals surface area contributed by atoms with Crippen LogP contribution in [-0.2, 0) is 19.1 Å². The molecule has 2 atom stereocenters. The highest BCUT2D eigenvalue weighted by molar-refractivity contribution is 5.82. The molecular weight excluding hydrogens is 404 g/mol. The molecule has 0 bridgehead atoms. The van der Waals surface area contributed by atoms with Crippen molar-refractivity contribution in [3.8, 4) is 0 Å². The number of methoxy groups -OCH3 is 2. The van der Waals surface area contributed by atoms with E-state index in [1.54, 1.807) is 14.2 Å². The van der Waals surface area contributed by atoms with Crippen LogP contribution in [0.15, 0.2) is 0 Å². The van der Waals surface area contributed by atoms with E-state index in [9.17, 15) is 9.59 Å². The second-order valence-corrected chi connectivity index (χ2v) is 11.4. The van der Waals surface area contributed by atoms with Crippen LogP contribution in [0.3, 0.4) is 0 Å². The van der Waals surface area contributed by atoms with Gasteiger partial charge in [0.15, 0.2) is 0 Å². The fourth-order valence-electron chi connectivity index (χ4n) is 7.62. The van der Waals surface area contributed by atoms with Crippen LogP contribution in [0.5, 0.6) is 0 Å². The van der Waals surface area contributed by atoms with Gasteiger partial charge in [-0.1, -0.05) is 0 Å². The van der Waals surface area contributed by atoms with E-state index in [0.717, 1.165) is 64.5 Å². The summed E-state index contributed by atoms with van der Waals surface area (Å²) in [7, 11) is 3.54. The number of hydrogen-bond acceptors (Lipinski definition) is 4. The maximum atomic E-state index is 13.6. The van der Waals surface area contributed by atoms with E-state index in [4.69, 9.17) is 9.47 Å². The number of hydrogen-bond donors (Lipinski definition) is 0. The van der Waals surface area contributed by atoms with Gasteiger partial charge in [-0.05, 0) is 88.9 Å². The van der Waals surface area contributed by atoms with Gasteiger partial charge in [0.05, 0.1) is 24.3 Å². The molecule has 2 unspecified atom stereocenters. The third-order valence-electron chi connectivity index (χ3n) is 9.48. The lowest BCUT2D eigenvalue weighted by Crippen LogP contribution is -2.55. The first-order valence-electron chi connectivity index (χ1n) is 13.2. The average Bonchev–Trinajstić information content (AvgIpc) is 3.75. The minimum absolute atomic E-state index is 0.0575. The molecule has 0 N–H and O–H groups in total. The second kappa shape index (κ2) is 8.90. The third kappa shape index (κ3) is 3.79. The Hall–Kier alpha value is -1.14. The largest absolute Gasteiger partial charge is 0.382 e. The normalized spacial score (nSPS) is 37.8. The molecule has 6 nitrogen and oxygen atoms in total. The minimum atomic E-state index is -0.0575. The Morgan fingerprint density at radius 3 is 1.38 bits per heavy atom. The SMILES string of the molecule is COCC1(C2CC2)CCCN1C(=O)C1CCC(C(=O)N2CCCC2(COC)C2CC2)CC1. The summed E-state index contributed by atoms with van der Waals surface area (Å²) < 4.78 is 11.2. The Morgan fingerprint density at radius 2 is 1.06 bits per heavy atom. The van der Waals surface area contributed by atoms with Crippen LogP contribution in [0, 0.1) is 23.7 Å². The zero-order chi connectivity index (χ0) is 22.3. The molecule has 0 aromatic heterocycles. The molecule has 2 amide bonds. The zero-order valence-electron chi connectivity index (χ0n) is 20.2. The van der Waals surface area contributed by atoms with Gasteiger partial charge >= 0.3 is 0 Å².